The first-order valence-corrected chi connectivity index (χ1v) is 15.6. The second-order valence-corrected chi connectivity index (χ2v) is 13.4. The molecule has 0 heterocycles. The monoisotopic (exact) mass is 486 g/mol. The van der Waals surface area contributed by atoms with Crippen molar-refractivity contribution >= 4 is 11.8 Å². The summed E-state index contributed by atoms with van der Waals surface area (Å²) in [6, 6.07) is 0. The Morgan fingerprint density at radius 3 is 2.17 bits per heavy atom. The second kappa shape index (κ2) is 12.1. The van der Waals surface area contributed by atoms with Gasteiger partial charge in [0, 0.05) is 24.7 Å². The van der Waals surface area contributed by atoms with E-state index < -0.39 is 0 Å². The van der Waals surface area contributed by atoms with Gasteiger partial charge < -0.3 is 4.74 Å². The maximum Gasteiger partial charge on any atom is 0.306 e. The molecule has 3 nitrogen and oxygen atoms in total. The Labute approximate surface area is 215 Å². The van der Waals surface area contributed by atoms with Crippen LogP contribution in [0.4, 0.5) is 0 Å². The Hall–Kier alpha value is -0.860. The maximum atomic E-state index is 12.7. The molecular weight excluding hydrogens is 432 g/mol. The zero-order valence-electron chi connectivity index (χ0n) is 23.3. The molecule has 0 saturated heterocycles. The standard InChI is InChI=1S/C32H54O3/c1-4-5-6-7-8-9-10-11-12-13-14-30(34)35-29-18-17-27-26-16-15-24-23-25(33)19-21-31(24,2)28(26)20-22-32(27,29)3/h24,26-29H,4-23H2,1-3H3/t24-,26-,27-,28-,29-,31-,32-/m0/s1. The number of esters is 1. The lowest BCUT2D eigenvalue weighted by Gasteiger charge is -2.60. The number of Topliss-reactive ketones (excluding diaryl/α,β-unsaturated/α-hetero) is 1. The number of carbonyl (C=O) groups is 2. The van der Waals surface area contributed by atoms with Crippen molar-refractivity contribution in [3.63, 3.8) is 0 Å². The largest absolute Gasteiger partial charge is 0.462 e. The van der Waals surface area contributed by atoms with Gasteiger partial charge in [-0.15, -0.1) is 0 Å². The number of unbranched alkanes of at least 4 members (excludes halogenated alkanes) is 9. The second-order valence-electron chi connectivity index (χ2n) is 13.4. The summed E-state index contributed by atoms with van der Waals surface area (Å²) >= 11 is 0. The van der Waals surface area contributed by atoms with Crippen LogP contribution in [0.15, 0.2) is 0 Å². The van der Waals surface area contributed by atoms with Crippen LogP contribution in [0.2, 0.25) is 0 Å². The zero-order valence-corrected chi connectivity index (χ0v) is 23.3. The highest BCUT2D eigenvalue weighted by Crippen LogP contribution is 2.66. The minimum Gasteiger partial charge on any atom is -0.462 e. The third-order valence-corrected chi connectivity index (χ3v) is 11.4. The molecule has 4 fully saturated rings. The van der Waals surface area contributed by atoms with E-state index >= 15 is 0 Å². The Morgan fingerprint density at radius 2 is 1.46 bits per heavy atom. The summed E-state index contributed by atoms with van der Waals surface area (Å²) in [5.74, 6) is 3.42. The van der Waals surface area contributed by atoms with Crippen LogP contribution in [-0.4, -0.2) is 17.9 Å². The van der Waals surface area contributed by atoms with E-state index in [1.54, 1.807) is 0 Å². The van der Waals surface area contributed by atoms with Gasteiger partial charge in [-0.3, -0.25) is 9.59 Å². The predicted octanol–water partition coefficient (Wildman–Crippen LogP) is 8.82. The van der Waals surface area contributed by atoms with Crippen LogP contribution < -0.4 is 0 Å². The third-order valence-electron chi connectivity index (χ3n) is 11.4. The van der Waals surface area contributed by atoms with Crippen molar-refractivity contribution in [3.05, 3.63) is 0 Å². The highest BCUT2D eigenvalue weighted by Gasteiger charge is 2.61. The van der Waals surface area contributed by atoms with Crippen LogP contribution in [0.3, 0.4) is 0 Å². The average Bonchev–Trinajstić information content (AvgIpc) is 3.16. The Morgan fingerprint density at radius 1 is 0.800 bits per heavy atom. The zero-order chi connectivity index (χ0) is 24.9. The van der Waals surface area contributed by atoms with Gasteiger partial charge in [0.25, 0.3) is 0 Å². The molecule has 0 aliphatic heterocycles. The molecule has 0 aromatic carbocycles. The van der Waals surface area contributed by atoms with Gasteiger partial charge in [0.05, 0.1) is 0 Å². The van der Waals surface area contributed by atoms with E-state index in [4.69, 9.17) is 4.74 Å². The maximum absolute atomic E-state index is 12.7. The van der Waals surface area contributed by atoms with E-state index in [0.29, 0.717) is 29.5 Å². The number of rotatable bonds is 12. The minimum absolute atomic E-state index is 0.0556. The van der Waals surface area contributed by atoms with Gasteiger partial charge in [-0.1, -0.05) is 78.6 Å². The first kappa shape index (κ1) is 27.2. The summed E-state index contributed by atoms with van der Waals surface area (Å²) in [7, 11) is 0. The third kappa shape index (κ3) is 6.01. The van der Waals surface area contributed by atoms with Gasteiger partial charge in [-0.2, -0.15) is 0 Å². The molecule has 4 saturated carbocycles. The molecule has 7 atom stereocenters. The molecule has 0 unspecified atom stereocenters. The normalized spacial score (nSPS) is 38.5. The number of ether oxygens (including phenoxy) is 1. The lowest BCUT2D eigenvalue weighted by molar-refractivity contribution is -0.164. The summed E-state index contributed by atoms with van der Waals surface area (Å²) in [5.41, 5.74) is 0.532. The molecule has 0 bridgehead atoms. The van der Waals surface area contributed by atoms with Crippen molar-refractivity contribution in [2.24, 2.45) is 34.5 Å². The molecular formula is C32H54O3. The molecule has 4 aliphatic carbocycles. The lowest BCUT2D eigenvalue weighted by Crippen LogP contribution is -2.54. The number of hydrogen-bond acceptors (Lipinski definition) is 3. The van der Waals surface area contributed by atoms with Crippen LogP contribution in [0, 0.1) is 34.5 Å². The van der Waals surface area contributed by atoms with E-state index in [1.807, 2.05) is 0 Å². The molecule has 0 aromatic heterocycles. The van der Waals surface area contributed by atoms with Gasteiger partial charge in [0.1, 0.15) is 11.9 Å². The molecule has 0 amide bonds. The fourth-order valence-electron chi connectivity index (χ4n) is 9.17. The number of carbonyl (C=O) groups excluding carboxylic acids is 2. The molecule has 0 aromatic rings. The number of ketones is 1. The molecule has 3 heteroatoms. The molecule has 0 spiro atoms. The summed E-state index contributed by atoms with van der Waals surface area (Å²) in [6.07, 6.45) is 23.7. The number of fused-ring (bicyclic) bond motifs is 5. The molecule has 0 radical (unpaired) electrons. The summed E-state index contributed by atoms with van der Waals surface area (Å²) in [4.78, 5) is 24.9. The Balaban J connectivity index is 1.19. The fourth-order valence-corrected chi connectivity index (χ4v) is 9.17. The van der Waals surface area contributed by atoms with Crippen LogP contribution in [0.1, 0.15) is 149 Å². The predicted molar refractivity (Wildman–Crippen MR) is 143 cm³/mol. The van der Waals surface area contributed by atoms with Crippen molar-refractivity contribution in [2.45, 2.75) is 155 Å². The highest BCUT2D eigenvalue weighted by molar-refractivity contribution is 5.79. The van der Waals surface area contributed by atoms with Gasteiger partial charge in [-0.25, -0.2) is 0 Å². The van der Waals surface area contributed by atoms with Crippen molar-refractivity contribution in [1.29, 1.82) is 0 Å². The van der Waals surface area contributed by atoms with E-state index in [9.17, 15) is 9.59 Å². The highest BCUT2D eigenvalue weighted by atomic mass is 16.5. The SMILES string of the molecule is CCCCCCCCCCCCC(=O)O[C@H]1CC[C@H]2[C@@H]3CC[C@H]4CC(=O)CC[C@]4(C)[C@H]3CC[C@]12C. The molecule has 0 N–H and O–H groups in total. The van der Waals surface area contributed by atoms with E-state index in [0.717, 1.165) is 43.9 Å². The summed E-state index contributed by atoms with van der Waals surface area (Å²) in [6.45, 7) is 7.23. The fraction of sp³-hybridized carbons (Fsp3) is 0.938. The quantitative estimate of drug-likeness (QED) is 0.204. The smallest absolute Gasteiger partial charge is 0.306 e. The molecule has 4 rings (SSSR count). The number of hydrogen-bond donors (Lipinski definition) is 0. The Bertz CT molecular complexity index is 716. The molecule has 35 heavy (non-hydrogen) atoms. The molecule has 4 aliphatic rings. The van der Waals surface area contributed by atoms with Crippen molar-refractivity contribution in [2.75, 3.05) is 0 Å². The van der Waals surface area contributed by atoms with Gasteiger partial charge in [-0.05, 0) is 80.5 Å². The van der Waals surface area contributed by atoms with Crippen LogP contribution in [-0.2, 0) is 14.3 Å². The minimum atomic E-state index is 0.0556. The summed E-state index contributed by atoms with van der Waals surface area (Å²) in [5, 5.41) is 0. The van der Waals surface area contributed by atoms with Crippen molar-refractivity contribution in [3.8, 4) is 0 Å². The molecule has 200 valence electrons. The van der Waals surface area contributed by atoms with Crippen LogP contribution in [0.25, 0.3) is 0 Å². The van der Waals surface area contributed by atoms with E-state index in [1.165, 1.54) is 89.9 Å². The van der Waals surface area contributed by atoms with Crippen molar-refractivity contribution in [1.82, 2.24) is 0 Å². The van der Waals surface area contributed by atoms with E-state index in [2.05, 4.69) is 20.8 Å². The van der Waals surface area contributed by atoms with Gasteiger partial charge in [0.2, 0.25) is 0 Å². The average molecular weight is 487 g/mol. The Kier molecular flexibility index (Phi) is 9.41. The van der Waals surface area contributed by atoms with Crippen LogP contribution >= 0.6 is 0 Å². The topological polar surface area (TPSA) is 43.4 Å². The summed E-state index contributed by atoms with van der Waals surface area (Å²) < 4.78 is 6.21. The first-order chi connectivity index (χ1) is 16.9. The van der Waals surface area contributed by atoms with Crippen molar-refractivity contribution < 1.29 is 14.3 Å². The van der Waals surface area contributed by atoms with E-state index in [-0.39, 0.29) is 17.5 Å². The van der Waals surface area contributed by atoms with Gasteiger partial charge in [0.15, 0.2) is 0 Å². The van der Waals surface area contributed by atoms with Gasteiger partial charge >= 0.3 is 5.97 Å². The first-order valence-electron chi connectivity index (χ1n) is 15.6. The van der Waals surface area contributed by atoms with Crippen LogP contribution in [0.5, 0.6) is 0 Å². The lowest BCUT2D eigenvalue weighted by atomic mass is 9.45.